The van der Waals surface area contributed by atoms with E-state index in [2.05, 4.69) is 5.32 Å². The van der Waals surface area contributed by atoms with Crippen LogP contribution in [0.4, 0.5) is 0 Å². The van der Waals surface area contributed by atoms with Gasteiger partial charge in [-0.15, -0.1) is 0 Å². The van der Waals surface area contributed by atoms with Crippen molar-refractivity contribution in [3.8, 4) is 5.75 Å². The number of carbonyl (C=O) groups excluding carboxylic acids is 1. The Labute approximate surface area is 125 Å². The van der Waals surface area contributed by atoms with Gasteiger partial charge in [0.15, 0.2) is 16.4 Å². The predicted octanol–water partition coefficient (Wildman–Crippen LogP) is 1.23. The number of rotatable bonds is 5. The first kappa shape index (κ1) is 15.8. The van der Waals surface area contributed by atoms with E-state index in [9.17, 15) is 13.2 Å². The van der Waals surface area contributed by atoms with Gasteiger partial charge in [0.05, 0.1) is 11.5 Å². The minimum Gasteiger partial charge on any atom is -0.484 e. The van der Waals surface area contributed by atoms with Crippen LogP contribution in [-0.2, 0) is 14.6 Å². The topological polar surface area (TPSA) is 72.5 Å². The molecular formula is C15H21NO4S. The molecule has 1 aliphatic rings. The molecule has 1 saturated heterocycles. The van der Waals surface area contributed by atoms with Crippen LogP contribution in [0.25, 0.3) is 0 Å². The highest BCUT2D eigenvalue weighted by Crippen LogP contribution is 2.19. The Morgan fingerprint density at radius 2 is 2.14 bits per heavy atom. The quantitative estimate of drug-likeness (QED) is 0.888. The van der Waals surface area contributed by atoms with Crippen molar-refractivity contribution in [1.29, 1.82) is 0 Å². The van der Waals surface area contributed by atoms with Crippen molar-refractivity contribution in [3.05, 3.63) is 29.3 Å². The van der Waals surface area contributed by atoms with Crippen molar-refractivity contribution in [3.63, 3.8) is 0 Å². The van der Waals surface area contributed by atoms with Gasteiger partial charge >= 0.3 is 0 Å². The molecule has 5 nitrogen and oxygen atoms in total. The summed E-state index contributed by atoms with van der Waals surface area (Å²) < 4.78 is 28.1. The van der Waals surface area contributed by atoms with Crippen molar-refractivity contribution >= 4 is 15.7 Å². The third-order valence-electron chi connectivity index (χ3n) is 3.60. The lowest BCUT2D eigenvalue weighted by atomic mass is 10.1. The second-order valence-corrected chi connectivity index (χ2v) is 7.86. The third kappa shape index (κ3) is 4.74. The standard InChI is InChI=1S/C15H21NO4S/c1-11-3-4-14(12(2)7-11)20-9-15(17)16-8-13-5-6-21(18,19)10-13/h3-4,7,13H,5-6,8-10H2,1-2H3,(H,16,17). The molecule has 1 unspecified atom stereocenters. The van der Waals surface area contributed by atoms with E-state index in [0.717, 1.165) is 11.1 Å². The van der Waals surface area contributed by atoms with Crippen LogP contribution in [0.5, 0.6) is 5.75 Å². The lowest BCUT2D eigenvalue weighted by Gasteiger charge is -2.12. The summed E-state index contributed by atoms with van der Waals surface area (Å²) in [6, 6.07) is 5.78. The number of benzene rings is 1. The monoisotopic (exact) mass is 311 g/mol. The molecule has 1 fully saturated rings. The third-order valence-corrected chi connectivity index (χ3v) is 5.44. The summed E-state index contributed by atoms with van der Waals surface area (Å²) in [5.41, 5.74) is 2.14. The van der Waals surface area contributed by atoms with E-state index >= 15 is 0 Å². The lowest BCUT2D eigenvalue weighted by Crippen LogP contribution is -2.33. The Morgan fingerprint density at radius 1 is 1.38 bits per heavy atom. The van der Waals surface area contributed by atoms with Crippen LogP contribution >= 0.6 is 0 Å². The summed E-state index contributed by atoms with van der Waals surface area (Å²) in [5.74, 6) is 0.899. The van der Waals surface area contributed by atoms with Crippen LogP contribution in [0.3, 0.4) is 0 Å². The fraction of sp³-hybridized carbons (Fsp3) is 0.533. The zero-order chi connectivity index (χ0) is 15.5. The molecule has 0 spiro atoms. The SMILES string of the molecule is Cc1ccc(OCC(=O)NCC2CCS(=O)(=O)C2)c(C)c1. The van der Waals surface area contributed by atoms with E-state index in [4.69, 9.17) is 4.74 Å². The van der Waals surface area contributed by atoms with E-state index in [1.807, 2.05) is 32.0 Å². The number of nitrogens with one attached hydrogen (secondary N) is 1. The first-order valence-corrected chi connectivity index (χ1v) is 8.85. The molecule has 1 aromatic carbocycles. The van der Waals surface area contributed by atoms with Gasteiger partial charge in [0.25, 0.3) is 5.91 Å². The summed E-state index contributed by atoms with van der Waals surface area (Å²) in [4.78, 5) is 11.7. The van der Waals surface area contributed by atoms with Crippen LogP contribution < -0.4 is 10.1 Å². The highest BCUT2D eigenvalue weighted by Gasteiger charge is 2.27. The van der Waals surface area contributed by atoms with Gasteiger partial charge in [-0.05, 0) is 37.8 Å². The van der Waals surface area contributed by atoms with Gasteiger partial charge in [-0.2, -0.15) is 0 Å². The van der Waals surface area contributed by atoms with E-state index < -0.39 is 9.84 Å². The minimum absolute atomic E-state index is 0.0278. The second kappa shape index (κ2) is 6.47. The summed E-state index contributed by atoms with van der Waals surface area (Å²) in [6.45, 7) is 4.28. The summed E-state index contributed by atoms with van der Waals surface area (Å²) in [6.07, 6.45) is 0.626. The Morgan fingerprint density at radius 3 is 2.76 bits per heavy atom. The fourth-order valence-electron chi connectivity index (χ4n) is 2.45. The maximum atomic E-state index is 11.7. The number of ether oxygens (including phenoxy) is 1. The Hall–Kier alpha value is -1.56. The van der Waals surface area contributed by atoms with Crippen molar-refractivity contribution < 1.29 is 17.9 Å². The molecule has 21 heavy (non-hydrogen) atoms. The molecule has 1 aliphatic heterocycles. The van der Waals surface area contributed by atoms with Gasteiger partial charge in [0, 0.05) is 6.54 Å². The zero-order valence-corrected chi connectivity index (χ0v) is 13.2. The lowest BCUT2D eigenvalue weighted by molar-refractivity contribution is -0.123. The summed E-state index contributed by atoms with van der Waals surface area (Å²) in [5, 5.41) is 2.74. The normalized spacial score (nSPS) is 20.2. The Kier molecular flexibility index (Phi) is 4.88. The fourth-order valence-corrected chi connectivity index (χ4v) is 4.31. The van der Waals surface area contributed by atoms with E-state index in [-0.39, 0.29) is 29.9 Å². The minimum atomic E-state index is -2.89. The van der Waals surface area contributed by atoms with Gasteiger partial charge in [-0.1, -0.05) is 17.7 Å². The van der Waals surface area contributed by atoms with Crippen LogP contribution in [-0.4, -0.2) is 39.0 Å². The molecular weight excluding hydrogens is 290 g/mol. The number of hydrogen-bond acceptors (Lipinski definition) is 4. The van der Waals surface area contributed by atoms with Crippen LogP contribution in [0.2, 0.25) is 0 Å². The molecule has 1 atom stereocenters. The van der Waals surface area contributed by atoms with Crippen LogP contribution in [0, 0.1) is 19.8 Å². The first-order valence-electron chi connectivity index (χ1n) is 7.03. The summed E-state index contributed by atoms with van der Waals surface area (Å²) >= 11 is 0. The van der Waals surface area contributed by atoms with Gasteiger partial charge in [-0.25, -0.2) is 8.42 Å². The summed E-state index contributed by atoms with van der Waals surface area (Å²) in [7, 11) is -2.89. The van der Waals surface area contributed by atoms with Gasteiger partial charge in [0.1, 0.15) is 5.75 Å². The Bertz CT molecular complexity index is 625. The van der Waals surface area contributed by atoms with Crippen molar-refractivity contribution in [1.82, 2.24) is 5.32 Å². The molecule has 1 N–H and O–H groups in total. The molecule has 1 aromatic rings. The van der Waals surface area contributed by atoms with E-state index in [1.54, 1.807) is 0 Å². The van der Waals surface area contributed by atoms with Crippen LogP contribution in [0.1, 0.15) is 17.5 Å². The van der Waals surface area contributed by atoms with Gasteiger partial charge < -0.3 is 10.1 Å². The van der Waals surface area contributed by atoms with E-state index in [0.29, 0.717) is 18.7 Å². The molecule has 1 amide bonds. The average molecular weight is 311 g/mol. The van der Waals surface area contributed by atoms with Gasteiger partial charge in [0.2, 0.25) is 0 Å². The highest BCUT2D eigenvalue weighted by atomic mass is 32.2. The number of hydrogen-bond donors (Lipinski definition) is 1. The molecule has 0 bridgehead atoms. The molecule has 2 rings (SSSR count). The maximum absolute atomic E-state index is 11.7. The molecule has 0 aliphatic carbocycles. The number of aryl methyl sites for hydroxylation is 2. The van der Waals surface area contributed by atoms with Crippen molar-refractivity contribution in [2.45, 2.75) is 20.3 Å². The number of carbonyl (C=O) groups is 1. The highest BCUT2D eigenvalue weighted by molar-refractivity contribution is 7.91. The average Bonchev–Trinajstić information content (AvgIpc) is 2.75. The second-order valence-electron chi connectivity index (χ2n) is 5.63. The molecule has 116 valence electrons. The largest absolute Gasteiger partial charge is 0.484 e. The number of amides is 1. The van der Waals surface area contributed by atoms with E-state index in [1.165, 1.54) is 0 Å². The predicted molar refractivity (Wildman–Crippen MR) is 81.2 cm³/mol. The first-order chi connectivity index (χ1) is 9.85. The van der Waals surface area contributed by atoms with Crippen molar-refractivity contribution in [2.75, 3.05) is 24.7 Å². The molecule has 6 heteroatoms. The zero-order valence-electron chi connectivity index (χ0n) is 12.4. The Balaban J connectivity index is 1.75. The van der Waals surface area contributed by atoms with Gasteiger partial charge in [-0.3, -0.25) is 4.79 Å². The van der Waals surface area contributed by atoms with Crippen molar-refractivity contribution in [2.24, 2.45) is 5.92 Å². The number of sulfone groups is 1. The smallest absolute Gasteiger partial charge is 0.257 e. The van der Waals surface area contributed by atoms with Crippen LogP contribution in [0.15, 0.2) is 18.2 Å². The molecule has 0 aromatic heterocycles. The molecule has 0 saturated carbocycles. The molecule has 1 heterocycles. The molecule has 0 radical (unpaired) electrons. The maximum Gasteiger partial charge on any atom is 0.257 e.